The minimum Gasteiger partial charge on any atom is -0.469 e. The number of carbonyl (C=O) groups excluding carboxylic acids is 2. The van der Waals surface area contributed by atoms with Crippen molar-refractivity contribution < 1.29 is 22.7 Å². The molecule has 2 aromatic carbocycles. The second kappa shape index (κ2) is 8.26. The number of nitrogens with zero attached hydrogens (tertiary/aromatic N) is 1. The van der Waals surface area contributed by atoms with Crippen LogP contribution in [0.4, 0.5) is 5.69 Å². The molecule has 1 N–H and O–H groups in total. The summed E-state index contributed by atoms with van der Waals surface area (Å²) in [4.78, 5) is 22.8. The first-order valence-corrected chi connectivity index (χ1v) is 10.5. The quantitative estimate of drug-likeness (QED) is 0.598. The van der Waals surface area contributed by atoms with Crippen LogP contribution in [0.1, 0.15) is 19.0 Å². The number of aryl methyl sites for hydroxylation is 1. The molecule has 1 amide bonds. The lowest BCUT2D eigenvalue weighted by molar-refractivity contribution is -0.140. The van der Waals surface area contributed by atoms with E-state index in [-0.39, 0.29) is 23.6 Å². The van der Waals surface area contributed by atoms with Gasteiger partial charge in [0, 0.05) is 28.7 Å². The highest BCUT2D eigenvalue weighted by Gasteiger charge is 2.23. The Morgan fingerprint density at radius 1 is 1.10 bits per heavy atom. The summed E-state index contributed by atoms with van der Waals surface area (Å²) in [5, 5.41) is 3.72. The lowest BCUT2D eigenvalue weighted by Gasteiger charge is -2.12. The summed E-state index contributed by atoms with van der Waals surface area (Å²) in [7, 11) is -2.67. The van der Waals surface area contributed by atoms with Crippen LogP contribution in [0.15, 0.2) is 53.4 Å². The van der Waals surface area contributed by atoms with Gasteiger partial charge in [-0.25, -0.2) is 12.4 Å². The maximum atomic E-state index is 13.4. The van der Waals surface area contributed by atoms with E-state index in [1.165, 1.54) is 42.3 Å². The number of anilines is 1. The molecule has 7 nitrogen and oxygen atoms in total. The Balaban J connectivity index is 2.10. The van der Waals surface area contributed by atoms with Crippen LogP contribution in [0.3, 0.4) is 0 Å². The zero-order valence-electron chi connectivity index (χ0n) is 15.8. The maximum absolute atomic E-state index is 13.4. The van der Waals surface area contributed by atoms with E-state index >= 15 is 0 Å². The third-order valence-corrected chi connectivity index (χ3v) is 6.33. The molecule has 0 unspecified atom stereocenters. The molecule has 3 rings (SSSR count). The van der Waals surface area contributed by atoms with Gasteiger partial charge in [0.05, 0.1) is 23.9 Å². The van der Waals surface area contributed by atoms with Crippen LogP contribution >= 0.6 is 11.6 Å². The standard InChI is InChI=1S/C20H19ClN2O5S/c1-13(24)22-16-4-7-18(8-5-16)29(26,27)23-17(6-10-20(25)28-2)12-14-11-15(21)3-9-19(14)23/h3-5,7-9,11-12H,6,10H2,1-2H3,(H,22,24). The first kappa shape index (κ1) is 20.9. The molecule has 0 fully saturated rings. The molecule has 0 atom stereocenters. The molecule has 9 heteroatoms. The molecular formula is C20H19ClN2O5S. The topological polar surface area (TPSA) is 94.5 Å². The Morgan fingerprint density at radius 3 is 2.41 bits per heavy atom. The minimum atomic E-state index is -3.96. The summed E-state index contributed by atoms with van der Waals surface area (Å²) in [5.41, 5.74) is 1.39. The average molecular weight is 435 g/mol. The van der Waals surface area contributed by atoms with Gasteiger partial charge in [-0.05, 0) is 55.0 Å². The summed E-state index contributed by atoms with van der Waals surface area (Å²) >= 11 is 6.05. The van der Waals surface area contributed by atoms with Crippen molar-refractivity contribution in [3.8, 4) is 0 Å². The van der Waals surface area contributed by atoms with Crippen LogP contribution in [0.2, 0.25) is 5.02 Å². The minimum absolute atomic E-state index is 0.0392. The number of carbonyl (C=O) groups is 2. The van der Waals surface area contributed by atoms with Crippen LogP contribution in [-0.2, 0) is 30.8 Å². The van der Waals surface area contributed by atoms with Gasteiger partial charge in [0.2, 0.25) is 5.91 Å². The predicted molar refractivity (Wildman–Crippen MR) is 111 cm³/mol. The monoisotopic (exact) mass is 434 g/mol. The summed E-state index contributed by atoms with van der Waals surface area (Å²) < 4.78 is 32.7. The summed E-state index contributed by atoms with van der Waals surface area (Å²) in [6.07, 6.45) is 0.222. The first-order valence-electron chi connectivity index (χ1n) is 8.72. The van der Waals surface area contributed by atoms with Crippen molar-refractivity contribution in [2.24, 2.45) is 0 Å². The molecular weight excluding hydrogens is 416 g/mol. The fourth-order valence-electron chi connectivity index (χ4n) is 3.03. The van der Waals surface area contributed by atoms with Crippen molar-refractivity contribution in [1.82, 2.24) is 3.97 Å². The first-order chi connectivity index (χ1) is 13.7. The van der Waals surface area contributed by atoms with Gasteiger partial charge in [-0.15, -0.1) is 0 Å². The fraction of sp³-hybridized carbons (Fsp3) is 0.200. The van der Waals surface area contributed by atoms with Crippen LogP contribution < -0.4 is 5.32 Å². The molecule has 0 bridgehead atoms. The predicted octanol–water partition coefficient (Wildman–Crippen LogP) is 3.60. The number of fused-ring (bicyclic) bond motifs is 1. The number of methoxy groups -OCH3 is 1. The van der Waals surface area contributed by atoms with E-state index < -0.39 is 16.0 Å². The molecule has 0 spiro atoms. The van der Waals surface area contributed by atoms with Crippen LogP contribution in [0.5, 0.6) is 0 Å². The van der Waals surface area contributed by atoms with Gasteiger partial charge in [0.15, 0.2) is 0 Å². The number of amides is 1. The van der Waals surface area contributed by atoms with Gasteiger partial charge in [-0.3, -0.25) is 9.59 Å². The zero-order chi connectivity index (χ0) is 21.2. The van der Waals surface area contributed by atoms with Crippen molar-refractivity contribution in [1.29, 1.82) is 0 Å². The Labute approximate surface area is 173 Å². The Kier molecular flexibility index (Phi) is 5.95. The molecule has 29 heavy (non-hydrogen) atoms. The third-order valence-electron chi connectivity index (χ3n) is 4.32. The normalized spacial score (nSPS) is 11.4. The second-order valence-electron chi connectivity index (χ2n) is 6.39. The van der Waals surface area contributed by atoms with Crippen molar-refractivity contribution >= 4 is 50.1 Å². The van der Waals surface area contributed by atoms with Gasteiger partial charge in [0.1, 0.15) is 0 Å². The lowest BCUT2D eigenvalue weighted by Crippen LogP contribution is -2.17. The smallest absolute Gasteiger partial charge is 0.305 e. The SMILES string of the molecule is COC(=O)CCc1cc2cc(Cl)ccc2n1S(=O)(=O)c1ccc(NC(C)=O)cc1. The number of rotatable bonds is 6. The molecule has 0 aliphatic rings. The number of aromatic nitrogens is 1. The Hall–Kier alpha value is -2.84. The molecule has 1 heterocycles. The number of hydrogen-bond donors (Lipinski definition) is 1. The number of benzene rings is 2. The van der Waals surface area contributed by atoms with Crippen LogP contribution in [0, 0.1) is 0 Å². The Morgan fingerprint density at radius 2 is 1.79 bits per heavy atom. The van der Waals surface area contributed by atoms with Gasteiger partial charge in [0.25, 0.3) is 10.0 Å². The lowest BCUT2D eigenvalue weighted by atomic mass is 10.2. The number of ether oxygens (including phenoxy) is 1. The van der Waals surface area contributed by atoms with Crippen molar-refractivity contribution in [3.63, 3.8) is 0 Å². The highest BCUT2D eigenvalue weighted by Crippen LogP contribution is 2.29. The molecule has 0 radical (unpaired) electrons. The number of nitrogens with one attached hydrogen (secondary N) is 1. The molecule has 152 valence electrons. The van der Waals surface area contributed by atoms with E-state index in [9.17, 15) is 18.0 Å². The molecule has 3 aromatic rings. The third kappa shape index (κ3) is 4.44. The number of esters is 1. The van der Waals surface area contributed by atoms with Crippen molar-refractivity contribution in [3.05, 3.63) is 59.2 Å². The zero-order valence-corrected chi connectivity index (χ0v) is 17.4. The average Bonchev–Trinajstić information content (AvgIpc) is 3.04. The van der Waals surface area contributed by atoms with Crippen molar-refractivity contribution in [2.75, 3.05) is 12.4 Å². The van der Waals surface area contributed by atoms with E-state index in [2.05, 4.69) is 10.1 Å². The second-order valence-corrected chi connectivity index (χ2v) is 8.61. The maximum Gasteiger partial charge on any atom is 0.305 e. The van der Waals surface area contributed by atoms with Gasteiger partial charge >= 0.3 is 5.97 Å². The summed E-state index contributed by atoms with van der Waals surface area (Å²) in [6, 6.07) is 12.5. The van der Waals surface area contributed by atoms with Gasteiger partial charge < -0.3 is 10.1 Å². The van der Waals surface area contributed by atoms with E-state index in [1.54, 1.807) is 24.3 Å². The summed E-state index contributed by atoms with van der Waals surface area (Å²) in [5.74, 6) is -0.684. The largest absolute Gasteiger partial charge is 0.469 e. The molecule has 0 saturated carbocycles. The molecule has 0 aliphatic heterocycles. The van der Waals surface area contributed by atoms with E-state index in [0.29, 0.717) is 27.3 Å². The van der Waals surface area contributed by atoms with Gasteiger partial charge in [-0.1, -0.05) is 11.6 Å². The molecule has 1 aromatic heterocycles. The highest BCUT2D eigenvalue weighted by molar-refractivity contribution is 7.90. The van der Waals surface area contributed by atoms with Crippen LogP contribution in [-0.4, -0.2) is 31.4 Å². The summed E-state index contributed by atoms with van der Waals surface area (Å²) in [6.45, 7) is 1.37. The van der Waals surface area contributed by atoms with E-state index in [0.717, 1.165) is 0 Å². The molecule has 0 saturated heterocycles. The molecule has 0 aliphatic carbocycles. The van der Waals surface area contributed by atoms with E-state index in [1.807, 2.05) is 0 Å². The fourth-order valence-corrected chi connectivity index (χ4v) is 4.78. The number of hydrogen-bond acceptors (Lipinski definition) is 5. The van der Waals surface area contributed by atoms with Crippen LogP contribution in [0.25, 0.3) is 10.9 Å². The van der Waals surface area contributed by atoms with E-state index in [4.69, 9.17) is 11.6 Å². The van der Waals surface area contributed by atoms with Gasteiger partial charge in [-0.2, -0.15) is 0 Å². The highest BCUT2D eigenvalue weighted by atomic mass is 35.5. The number of halogens is 1. The Bertz CT molecular complexity index is 1180. The van der Waals surface area contributed by atoms with Crippen molar-refractivity contribution in [2.45, 2.75) is 24.7 Å².